The van der Waals surface area contributed by atoms with Crippen molar-refractivity contribution in [3.05, 3.63) is 35.0 Å². The van der Waals surface area contributed by atoms with Crippen molar-refractivity contribution in [2.24, 2.45) is 0 Å². The summed E-state index contributed by atoms with van der Waals surface area (Å²) < 4.78 is -0.150. The highest BCUT2D eigenvalue weighted by Gasteiger charge is 2.44. The van der Waals surface area contributed by atoms with E-state index in [0.29, 0.717) is 0 Å². The molecule has 1 fully saturated rings. The Morgan fingerprint density at radius 2 is 1.87 bits per heavy atom. The van der Waals surface area contributed by atoms with E-state index in [1.807, 2.05) is 6.92 Å². The fraction of sp³-hybridized carbons (Fsp3) is 0.526. The Bertz CT molecular complexity index is 703. The van der Waals surface area contributed by atoms with Crippen LogP contribution in [0.4, 0.5) is 11.4 Å². The van der Waals surface area contributed by atoms with Crippen LogP contribution < -0.4 is 10.6 Å². The number of fused-ring (bicyclic) bond motifs is 1. The number of Topliss-reactive ketones (excluding diaryl/α,β-unsaturated/α-hetero) is 1. The quantitative estimate of drug-likeness (QED) is 0.674. The molecule has 23 heavy (non-hydrogen) atoms. The molecule has 2 heterocycles. The summed E-state index contributed by atoms with van der Waals surface area (Å²) in [5.41, 5.74) is 5.29. The van der Waals surface area contributed by atoms with Gasteiger partial charge in [-0.25, -0.2) is 0 Å². The van der Waals surface area contributed by atoms with Crippen molar-refractivity contribution in [3.63, 3.8) is 0 Å². The van der Waals surface area contributed by atoms with Gasteiger partial charge in [-0.15, -0.1) is 11.8 Å². The Hall–Kier alpha value is -1.42. The standard InChI is InChI=1S/C19H26N2OS/c1-11-7-8-13-14(9-11)20-15(10-18(3,4)21-13)16-17(22)12(2)23-19(16,5)6/h7-9,12,20-21H,10H2,1-6H3/b16-15+. The molecule has 1 aromatic rings. The number of hydrogen-bond donors (Lipinski definition) is 2. The van der Waals surface area contributed by atoms with Gasteiger partial charge < -0.3 is 10.6 Å². The second kappa shape index (κ2) is 5.30. The zero-order chi connectivity index (χ0) is 17.0. The van der Waals surface area contributed by atoms with Crippen LogP contribution in [-0.4, -0.2) is 21.3 Å². The van der Waals surface area contributed by atoms with Crippen molar-refractivity contribution in [1.82, 2.24) is 0 Å². The highest BCUT2D eigenvalue weighted by Crippen LogP contribution is 2.47. The summed E-state index contributed by atoms with van der Waals surface area (Å²) in [7, 11) is 0. The fourth-order valence-corrected chi connectivity index (χ4v) is 5.10. The third-order valence-electron chi connectivity index (χ3n) is 4.54. The molecule has 0 aromatic heterocycles. The first kappa shape index (κ1) is 16.4. The van der Waals surface area contributed by atoms with Gasteiger partial charge in [-0.05, 0) is 59.2 Å². The average molecular weight is 330 g/mol. The van der Waals surface area contributed by atoms with Gasteiger partial charge in [-0.3, -0.25) is 4.79 Å². The van der Waals surface area contributed by atoms with Crippen LogP contribution >= 0.6 is 11.8 Å². The van der Waals surface area contributed by atoms with Crippen molar-refractivity contribution in [2.45, 2.75) is 63.5 Å². The van der Waals surface area contributed by atoms with E-state index in [1.165, 1.54) is 5.56 Å². The molecule has 1 atom stereocenters. The first-order valence-electron chi connectivity index (χ1n) is 8.21. The van der Waals surface area contributed by atoms with Crippen LogP contribution in [0.15, 0.2) is 29.5 Å². The van der Waals surface area contributed by atoms with Crippen LogP contribution in [0.2, 0.25) is 0 Å². The number of carbonyl (C=O) groups is 1. The Morgan fingerprint density at radius 3 is 2.48 bits per heavy atom. The molecule has 124 valence electrons. The highest BCUT2D eigenvalue weighted by atomic mass is 32.2. The van der Waals surface area contributed by atoms with Crippen molar-refractivity contribution in [2.75, 3.05) is 10.6 Å². The minimum absolute atomic E-state index is 0.0330. The molecule has 1 saturated heterocycles. The van der Waals surface area contributed by atoms with E-state index in [1.54, 1.807) is 11.8 Å². The van der Waals surface area contributed by atoms with E-state index in [2.05, 4.69) is 63.5 Å². The van der Waals surface area contributed by atoms with Crippen LogP contribution in [0.25, 0.3) is 0 Å². The fourth-order valence-electron chi connectivity index (χ4n) is 3.65. The van der Waals surface area contributed by atoms with Crippen molar-refractivity contribution in [1.29, 1.82) is 0 Å². The summed E-state index contributed by atoms with van der Waals surface area (Å²) >= 11 is 1.76. The van der Waals surface area contributed by atoms with E-state index in [4.69, 9.17) is 0 Å². The zero-order valence-corrected chi connectivity index (χ0v) is 15.6. The van der Waals surface area contributed by atoms with Crippen LogP contribution in [-0.2, 0) is 4.79 Å². The molecule has 2 aliphatic rings. The summed E-state index contributed by atoms with van der Waals surface area (Å²) in [5, 5.41) is 7.24. The summed E-state index contributed by atoms with van der Waals surface area (Å²) in [4.78, 5) is 12.8. The van der Waals surface area contributed by atoms with Crippen LogP contribution in [0.3, 0.4) is 0 Å². The minimum atomic E-state index is -0.150. The molecule has 0 aliphatic carbocycles. The molecule has 0 amide bonds. The second-order valence-corrected chi connectivity index (χ2v) is 9.81. The Balaban J connectivity index is 2.16. The van der Waals surface area contributed by atoms with Crippen LogP contribution in [0.5, 0.6) is 0 Å². The Kier molecular flexibility index (Phi) is 3.79. The molecule has 2 N–H and O–H groups in total. The minimum Gasteiger partial charge on any atom is -0.378 e. The molecule has 0 radical (unpaired) electrons. The van der Waals surface area contributed by atoms with E-state index in [-0.39, 0.29) is 21.3 Å². The van der Waals surface area contributed by atoms with Gasteiger partial charge in [-0.2, -0.15) is 0 Å². The summed E-state index contributed by atoms with van der Waals surface area (Å²) in [5.74, 6) is 0.273. The SMILES string of the molecule is Cc1ccc2c(c1)N/C(=C1\C(=O)C(C)SC1(C)C)CC(C)(C)N2. The summed E-state index contributed by atoms with van der Waals surface area (Å²) in [6.45, 7) is 12.8. The van der Waals surface area contributed by atoms with Crippen molar-refractivity contribution in [3.8, 4) is 0 Å². The van der Waals surface area contributed by atoms with E-state index in [9.17, 15) is 4.79 Å². The number of thioether (sulfide) groups is 1. The molecule has 2 aliphatic heterocycles. The van der Waals surface area contributed by atoms with Gasteiger partial charge in [0.15, 0.2) is 5.78 Å². The predicted octanol–water partition coefficient (Wildman–Crippen LogP) is 4.74. The van der Waals surface area contributed by atoms with Gasteiger partial charge in [0, 0.05) is 28.0 Å². The molecule has 0 bridgehead atoms. The van der Waals surface area contributed by atoms with Gasteiger partial charge in [-0.1, -0.05) is 6.07 Å². The number of ketones is 1. The Labute approximate surface area is 143 Å². The van der Waals surface area contributed by atoms with Crippen LogP contribution in [0, 0.1) is 6.92 Å². The molecular formula is C19H26N2OS. The predicted molar refractivity (Wildman–Crippen MR) is 100 cm³/mol. The Morgan fingerprint density at radius 1 is 1.17 bits per heavy atom. The number of aryl methyl sites for hydroxylation is 1. The number of benzene rings is 1. The lowest BCUT2D eigenvalue weighted by Gasteiger charge is -2.28. The molecule has 0 saturated carbocycles. The highest BCUT2D eigenvalue weighted by molar-refractivity contribution is 8.02. The van der Waals surface area contributed by atoms with E-state index >= 15 is 0 Å². The number of rotatable bonds is 0. The topological polar surface area (TPSA) is 41.1 Å². The van der Waals surface area contributed by atoms with Gasteiger partial charge in [0.2, 0.25) is 0 Å². The normalized spacial score (nSPS) is 28.6. The summed E-state index contributed by atoms with van der Waals surface area (Å²) in [6, 6.07) is 6.38. The smallest absolute Gasteiger partial charge is 0.174 e. The van der Waals surface area contributed by atoms with Gasteiger partial charge in [0.05, 0.1) is 16.6 Å². The molecule has 3 rings (SSSR count). The number of nitrogens with one attached hydrogen (secondary N) is 2. The average Bonchev–Trinajstić information content (AvgIpc) is 2.52. The maximum Gasteiger partial charge on any atom is 0.174 e. The lowest BCUT2D eigenvalue weighted by atomic mass is 9.89. The first-order valence-corrected chi connectivity index (χ1v) is 9.08. The lowest BCUT2D eigenvalue weighted by Crippen LogP contribution is -2.32. The molecule has 0 spiro atoms. The van der Waals surface area contributed by atoms with Crippen molar-refractivity contribution < 1.29 is 4.79 Å². The summed E-state index contributed by atoms with van der Waals surface area (Å²) in [6.07, 6.45) is 0.804. The number of carbonyl (C=O) groups excluding carboxylic acids is 1. The van der Waals surface area contributed by atoms with E-state index in [0.717, 1.165) is 29.1 Å². The van der Waals surface area contributed by atoms with Gasteiger partial charge in [0.1, 0.15) is 0 Å². The third-order valence-corrected chi connectivity index (χ3v) is 5.90. The van der Waals surface area contributed by atoms with Crippen LogP contribution in [0.1, 0.15) is 46.6 Å². The molecule has 4 heteroatoms. The maximum absolute atomic E-state index is 12.8. The maximum atomic E-state index is 12.8. The second-order valence-electron chi connectivity index (χ2n) is 7.85. The van der Waals surface area contributed by atoms with Crippen molar-refractivity contribution >= 4 is 28.9 Å². The molecule has 1 unspecified atom stereocenters. The molecular weight excluding hydrogens is 304 g/mol. The monoisotopic (exact) mass is 330 g/mol. The molecule has 1 aromatic carbocycles. The first-order chi connectivity index (χ1) is 10.6. The largest absolute Gasteiger partial charge is 0.378 e. The third kappa shape index (κ3) is 3.01. The molecule has 3 nitrogen and oxygen atoms in total. The lowest BCUT2D eigenvalue weighted by molar-refractivity contribution is -0.114. The zero-order valence-electron chi connectivity index (χ0n) is 14.8. The van der Waals surface area contributed by atoms with Gasteiger partial charge in [0.25, 0.3) is 0 Å². The van der Waals surface area contributed by atoms with Gasteiger partial charge >= 0.3 is 0 Å². The number of anilines is 2. The van der Waals surface area contributed by atoms with E-state index < -0.39 is 0 Å². The number of hydrogen-bond acceptors (Lipinski definition) is 4.